The molecule has 1 fully saturated rings. The zero-order chi connectivity index (χ0) is 23.4. The van der Waals surface area contributed by atoms with E-state index in [1.807, 2.05) is 6.07 Å². The molecule has 33 heavy (non-hydrogen) atoms. The van der Waals surface area contributed by atoms with Crippen molar-refractivity contribution >= 4 is 11.9 Å². The second kappa shape index (κ2) is 9.99. The standard InChI is InChI=1S/C24H28FN7O/c1-30(2)23(33)20-6-5-17(13-21(20)25)22-15-28-18(14-29-22)16-31(3)19-7-11-32(12-8-19)24-26-9-4-10-27-24/h4-6,9-10,13-15,19H,7-8,11-12,16H2,1-3H3. The van der Waals surface area contributed by atoms with Crippen molar-refractivity contribution in [1.29, 1.82) is 0 Å². The number of anilines is 1. The predicted molar refractivity (Wildman–Crippen MR) is 124 cm³/mol. The highest BCUT2D eigenvalue weighted by atomic mass is 19.1. The van der Waals surface area contributed by atoms with Gasteiger partial charge in [0, 0.05) is 57.7 Å². The third kappa shape index (κ3) is 5.31. The Labute approximate surface area is 193 Å². The van der Waals surface area contributed by atoms with Gasteiger partial charge in [-0.05, 0) is 38.1 Å². The Balaban J connectivity index is 1.35. The number of amides is 1. The van der Waals surface area contributed by atoms with Crippen molar-refractivity contribution in [2.45, 2.75) is 25.4 Å². The van der Waals surface area contributed by atoms with Gasteiger partial charge in [0.05, 0.1) is 29.3 Å². The summed E-state index contributed by atoms with van der Waals surface area (Å²) in [5.41, 5.74) is 2.06. The van der Waals surface area contributed by atoms with E-state index in [2.05, 4.69) is 36.8 Å². The average molecular weight is 450 g/mol. The largest absolute Gasteiger partial charge is 0.345 e. The first-order chi connectivity index (χ1) is 15.9. The van der Waals surface area contributed by atoms with E-state index < -0.39 is 5.82 Å². The van der Waals surface area contributed by atoms with Crippen LogP contribution >= 0.6 is 0 Å². The van der Waals surface area contributed by atoms with Crippen molar-refractivity contribution in [3.63, 3.8) is 0 Å². The molecule has 0 radical (unpaired) electrons. The summed E-state index contributed by atoms with van der Waals surface area (Å²) in [6, 6.07) is 6.79. The molecule has 0 atom stereocenters. The lowest BCUT2D eigenvalue weighted by molar-refractivity contribution is 0.0823. The molecule has 1 amide bonds. The molecule has 3 heterocycles. The fourth-order valence-corrected chi connectivity index (χ4v) is 4.02. The first kappa shape index (κ1) is 22.7. The van der Waals surface area contributed by atoms with Gasteiger partial charge >= 0.3 is 0 Å². The molecule has 0 aliphatic carbocycles. The third-order valence-corrected chi connectivity index (χ3v) is 5.94. The Bertz CT molecular complexity index is 1080. The molecule has 9 heteroatoms. The Hall–Kier alpha value is -3.46. The maximum Gasteiger partial charge on any atom is 0.256 e. The number of aromatic nitrogens is 4. The maximum absolute atomic E-state index is 14.4. The molecule has 0 saturated carbocycles. The fraction of sp³-hybridized carbons (Fsp3) is 0.375. The van der Waals surface area contributed by atoms with Crippen molar-refractivity contribution < 1.29 is 9.18 Å². The first-order valence-corrected chi connectivity index (χ1v) is 11.0. The van der Waals surface area contributed by atoms with Crippen LogP contribution in [0.5, 0.6) is 0 Å². The zero-order valence-corrected chi connectivity index (χ0v) is 19.1. The van der Waals surface area contributed by atoms with Crippen molar-refractivity contribution in [2.24, 2.45) is 0 Å². The van der Waals surface area contributed by atoms with E-state index in [0.717, 1.165) is 37.6 Å². The first-order valence-electron chi connectivity index (χ1n) is 11.0. The van der Waals surface area contributed by atoms with Crippen LogP contribution in [0.2, 0.25) is 0 Å². The number of piperidine rings is 1. The summed E-state index contributed by atoms with van der Waals surface area (Å²) in [6.07, 6.45) is 8.98. The van der Waals surface area contributed by atoms with E-state index in [4.69, 9.17) is 0 Å². The summed E-state index contributed by atoms with van der Waals surface area (Å²) in [5, 5.41) is 0. The minimum atomic E-state index is -0.566. The van der Waals surface area contributed by atoms with Crippen molar-refractivity contribution in [3.05, 3.63) is 66.1 Å². The SMILES string of the molecule is CN(C)C(=O)c1ccc(-c2cnc(CN(C)C3CCN(c4ncccn4)CC3)cn2)cc1F. The third-order valence-electron chi connectivity index (χ3n) is 5.94. The Morgan fingerprint density at radius 2 is 1.79 bits per heavy atom. The van der Waals surface area contributed by atoms with Gasteiger partial charge in [-0.1, -0.05) is 6.07 Å². The highest BCUT2D eigenvalue weighted by molar-refractivity contribution is 5.94. The van der Waals surface area contributed by atoms with Gasteiger partial charge in [-0.25, -0.2) is 14.4 Å². The lowest BCUT2D eigenvalue weighted by Crippen LogP contribution is -2.43. The van der Waals surface area contributed by atoms with Crippen molar-refractivity contribution in [2.75, 3.05) is 39.1 Å². The molecule has 1 saturated heterocycles. The zero-order valence-electron chi connectivity index (χ0n) is 19.1. The normalized spacial score (nSPS) is 14.5. The molecule has 0 bridgehead atoms. The molecule has 0 unspecified atom stereocenters. The number of halogens is 1. The molecule has 1 aliphatic heterocycles. The van der Waals surface area contributed by atoms with Crippen LogP contribution in [-0.4, -0.2) is 75.9 Å². The summed E-state index contributed by atoms with van der Waals surface area (Å²) < 4.78 is 14.4. The number of carbonyl (C=O) groups is 1. The molecule has 172 valence electrons. The van der Waals surface area contributed by atoms with Gasteiger partial charge in [-0.15, -0.1) is 0 Å². The highest BCUT2D eigenvalue weighted by Crippen LogP contribution is 2.22. The topological polar surface area (TPSA) is 78.4 Å². The van der Waals surface area contributed by atoms with Gasteiger partial charge < -0.3 is 9.80 Å². The smallest absolute Gasteiger partial charge is 0.256 e. The van der Waals surface area contributed by atoms with Crippen LogP contribution in [0.15, 0.2) is 49.1 Å². The Morgan fingerprint density at radius 3 is 2.39 bits per heavy atom. The second-order valence-electron chi connectivity index (χ2n) is 8.47. The average Bonchev–Trinajstić information content (AvgIpc) is 2.84. The van der Waals surface area contributed by atoms with Gasteiger partial charge in [-0.3, -0.25) is 19.7 Å². The van der Waals surface area contributed by atoms with Crippen molar-refractivity contribution in [3.8, 4) is 11.3 Å². The second-order valence-corrected chi connectivity index (χ2v) is 8.47. The van der Waals surface area contributed by atoms with E-state index in [1.165, 1.54) is 17.0 Å². The lowest BCUT2D eigenvalue weighted by Gasteiger charge is -2.36. The van der Waals surface area contributed by atoms with E-state index in [1.54, 1.807) is 44.9 Å². The van der Waals surface area contributed by atoms with Crippen LogP contribution in [-0.2, 0) is 6.54 Å². The van der Waals surface area contributed by atoms with Gasteiger partial charge in [0.2, 0.25) is 5.95 Å². The predicted octanol–water partition coefficient (Wildman–Crippen LogP) is 2.88. The molecule has 4 rings (SSSR count). The van der Waals surface area contributed by atoms with Crippen LogP contribution in [0, 0.1) is 5.82 Å². The summed E-state index contributed by atoms with van der Waals surface area (Å²) in [4.78, 5) is 35.6. The Morgan fingerprint density at radius 1 is 1.06 bits per heavy atom. The summed E-state index contributed by atoms with van der Waals surface area (Å²) in [6.45, 7) is 2.52. The molecule has 8 nitrogen and oxygen atoms in total. The monoisotopic (exact) mass is 449 g/mol. The molecule has 0 N–H and O–H groups in total. The van der Waals surface area contributed by atoms with E-state index in [9.17, 15) is 9.18 Å². The number of rotatable bonds is 6. The molecule has 3 aromatic rings. The lowest BCUT2D eigenvalue weighted by atomic mass is 10.0. The van der Waals surface area contributed by atoms with Gasteiger partial charge in [0.1, 0.15) is 5.82 Å². The summed E-state index contributed by atoms with van der Waals surface area (Å²) >= 11 is 0. The Kier molecular flexibility index (Phi) is 6.88. The van der Waals surface area contributed by atoms with Gasteiger partial charge in [0.25, 0.3) is 5.91 Å². The molecular weight excluding hydrogens is 421 g/mol. The van der Waals surface area contributed by atoms with Crippen LogP contribution in [0.4, 0.5) is 10.3 Å². The molecular formula is C24H28FN7O. The van der Waals surface area contributed by atoms with Crippen LogP contribution in [0.3, 0.4) is 0 Å². The van der Waals surface area contributed by atoms with Crippen molar-refractivity contribution in [1.82, 2.24) is 29.7 Å². The van der Waals surface area contributed by atoms with E-state index in [-0.39, 0.29) is 11.5 Å². The quantitative estimate of drug-likeness (QED) is 0.573. The van der Waals surface area contributed by atoms with E-state index in [0.29, 0.717) is 23.8 Å². The fourth-order valence-electron chi connectivity index (χ4n) is 4.02. The number of hydrogen-bond acceptors (Lipinski definition) is 7. The molecule has 2 aromatic heterocycles. The minimum absolute atomic E-state index is 0.0415. The molecule has 1 aliphatic rings. The van der Waals surface area contributed by atoms with Gasteiger partial charge in [0.15, 0.2) is 0 Å². The highest BCUT2D eigenvalue weighted by Gasteiger charge is 2.24. The summed E-state index contributed by atoms with van der Waals surface area (Å²) in [7, 11) is 5.29. The van der Waals surface area contributed by atoms with Crippen LogP contribution in [0.25, 0.3) is 11.3 Å². The number of benzene rings is 1. The molecule has 0 spiro atoms. The number of nitrogens with zero attached hydrogens (tertiary/aromatic N) is 7. The van der Waals surface area contributed by atoms with E-state index >= 15 is 0 Å². The van der Waals surface area contributed by atoms with Crippen LogP contribution in [0.1, 0.15) is 28.9 Å². The number of carbonyl (C=O) groups excluding carboxylic acids is 1. The van der Waals surface area contributed by atoms with Gasteiger partial charge in [-0.2, -0.15) is 0 Å². The minimum Gasteiger partial charge on any atom is -0.345 e. The van der Waals surface area contributed by atoms with Crippen LogP contribution < -0.4 is 4.90 Å². The molecule has 1 aromatic carbocycles. The number of hydrogen-bond donors (Lipinski definition) is 0. The maximum atomic E-state index is 14.4. The summed E-state index contributed by atoms with van der Waals surface area (Å²) in [5.74, 6) is -0.148.